The third-order valence-corrected chi connectivity index (χ3v) is 5.13. The highest BCUT2D eigenvalue weighted by atomic mass is 32.2. The molecular formula is C16H24N4S. The highest BCUT2D eigenvalue weighted by Gasteiger charge is 2.15. The Labute approximate surface area is 130 Å². The van der Waals surface area contributed by atoms with Gasteiger partial charge in [0.25, 0.3) is 0 Å². The van der Waals surface area contributed by atoms with E-state index in [4.69, 9.17) is 4.98 Å². The lowest BCUT2D eigenvalue weighted by atomic mass is 10.3. The fraction of sp³-hybridized carbons (Fsp3) is 0.562. The molecule has 1 aromatic heterocycles. The second-order valence-corrected chi connectivity index (χ2v) is 6.87. The second-order valence-electron chi connectivity index (χ2n) is 5.65. The molecule has 0 spiro atoms. The van der Waals surface area contributed by atoms with Crippen molar-refractivity contribution in [1.82, 2.24) is 19.8 Å². The lowest BCUT2D eigenvalue weighted by Gasteiger charge is -2.26. The van der Waals surface area contributed by atoms with Crippen LogP contribution >= 0.6 is 11.8 Å². The lowest BCUT2D eigenvalue weighted by Crippen LogP contribution is -2.38. The second kappa shape index (κ2) is 6.81. The molecule has 1 aliphatic rings. The third kappa shape index (κ3) is 3.42. The molecule has 0 bridgehead atoms. The van der Waals surface area contributed by atoms with E-state index in [1.807, 2.05) is 6.07 Å². The molecule has 2 aromatic rings. The normalized spacial score (nSPS) is 18.2. The maximum atomic E-state index is 4.76. The zero-order valence-corrected chi connectivity index (χ0v) is 13.7. The van der Waals surface area contributed by atoms with Gasteiger partial charge in [0.15, 0.2) is 0 Å². The predicted molar refractivity (Wildman–Crippen MR) is 90.9 cm³/mol. The average molecular weight is 304 g/mol. The molecule has 0 amide bonds. The smallest absolute Gasteiger partial charge is 0.126 e. The van der Waals surface area contributed by atoms with Crippen molar-refractivity contribution in [1.29, 1.82) is 0 Å². The number of hydrogen-bond donors (Lipinski definition) is 1. The number of rotatable bonds is 5. The van der Waals surface area contributed by atoms with Crippen molar-refractivity contribution in [2.45, 2.75) is 13.0 Å². The van der Waals surface area contributed by atoms with Gasteiger partial charge >= 0.3 is 0 Å². The quantitative estimate of drug-likeness (QED) is 0.919. The summed E-state index contributed by atoms with van der Waals surface area (Å²) in [5, 5.41) is 3.62. The summed E-state index contributed by atoms with van der Waals surface area (Å²) in [6, 6.07) is 8.61. The van der Waals surface area contributed by atoms with Crippen LogP contribution in [0.4, 0.5) is 0 Å². The Bertz CT molecular complexity index is 589. The first-order chi connectivity index (χ1) is 10.3. The molecule has 5 heteroatoms. The third-order valence-electron chi connectivity index (χ3n) is 4.19. The number of aryl methyl sites for hydroxylation is 1. The van der Waals surface area contributed by atoms with E-state index >= 15 is 0 Å². The van der Waals surface area contributed by atoms with Crippen LogP contribution in [-0.4, -0.2) is 52.1 Å². The molecular weight excluding hydrogens is 280 g/mol. The largest absolute Gasteiger partial charge is 0.330 e. The number of thioether (sulfide) groups is 1. The topological polar surface area (TPSA) is 33.1 Å². The van der Waals surface area contributed by atoms with Gasteiger partial charge in [0, 0.05) is 44.7 Å². The van der Waals surface area contributed by atoms with Gasteiger partial charge in [-0.2, -0.15) is 11.8 Å². The molecule has 0 aliphatic carbocycles. The van der Waals surface area contributed by atoms with Crippen LogP contribution in [0.25, 0.3) is 11.0 Å². The van der Waals surface area contributed by atoms with E-state index in [1.54, 1.807) is 0 Å². The first-order valence-corrected chi connectivity index (χ1v) is 8.86. The van der Waals surface area contributed by atoms with Gasteiger partial charge in [0.2, 0.25) is 0 Å². The van der Waals surface area contributed by atoms with Crippen molar-refractivity contribution in [3.63, 3.8) is 0 Å². The first kappa shape index (κ1) is 14.9. The molecule has 1 fully saturated rings. The molecule has 1 aromatic carbocycles. The van der Waals surface area contributed by atoms with Crippen LogP contribution in [0, 0.1) is 0 Å². The van der Waals surface area contributed by atoms with Crippen molar-refractivity contribution in [3.05, 3.63) is 30.1 Å². The Morgan fingerprint density at radius 1 is 1.29 bits per heavy atom. The molecule has 3 rings (SSSR count). The summed E-state index contributed by atoms with van der Waals surface area (Å²) in [6.45, 7) is 6.82. The standard InChI is InChI=1S/C16H24N4S/c1-13(17-7-8-20-9-11-21-12-10-20)16-18-14-5-3-4-6-15(14)19(16)2/h3-6,13,17H,7-12H2,1-2H3. The van der Waals surface area contributed by atoms with Crippen LogP contribution < -0.4 is 5.32 Å². The Hall–Kier alpha value is -1.04. The molecule has 21 heavy (non-hydrogen) atoms. The number of aromatic nitrogens is 2. The number of hydrogen-bond acceptors (Lipinski definition) is 4. The Morgan fingerprint density at radius 2 is 2.05 bits per heavy atom. The van der Waals surface area contributed by atoms with Crippen molar-refractivity contribution in [2.24, 2.45) is 7.05 Å². The minimum absolute atomic E-state index is 0.279. The highest BCUT2D eigenvalue weighted by Crippen LogP contribution is 2.19. The fourth-order valence-electron chi connectivity index (χ4n) is 2.91. The summed E-state index contributed by atoms with van der Waals surface area (Å²) >= 11 is 2.06. The van der Waals surface area contributed by atoms with Gasteiger partial charge in [0.05, 0.1) is 17.1 Å². The maximum absolute atomic E-state index is 4.76. The average Bonchev–Trinajstić information content (AvgIpc) is 2.86. The first-order valence-electron chi connectivity index (χ1n) is 7.70. The lowest BCUT2D eigenvalue weighted by molar-refractivity contribution is 0.295. The molecule has 1 atom stereocenters. The van der Waals surface area contributed by atoms with E-state index in [2.05, 4.69) is 58.7 Å². The number of para-hydroxylation sites is 2. The molecule has 0 radical (unpaired) electrons. The van der Waals surface area contributed by atoms with Crippen LogP contribution in [-0.2, 0) is 7.05 Å². The van der Waals surface area contributed by atoms with Gasteiger partial charge in [0.1, 0.15) is 5.82 Å². The summed E-state index contributed by atoms with van der Waals surface area (Å²) in [5.74, 6) is 3.67. The highest BCUT2D eigenvalue weighted by molar-refractivity contribution is 7.99. The van der Waals surface area contributed by atoms with Gasteiger partial charge < -0.3 is 14.8 Å². The van der Waals surface area contributed by atoms with Gasteiger partial charge in [-0.05, 0) is 19.1 Å². The van der Waals surface area contributed by atoms with Crippen LogP contribution in [0.15, 0.2) is 24.3 Å². The van der Waals surface area contributed by atoms with E-state index in [9.17, 15) is 0 Å². The summed E-state index contributed by atoms with van der Waals surface area (Å²) in [7, 11) is 2.10. The molecule has 1 unspecified atom stereocenters. The van der Waals surface area contributed by atoms with E-state index in [0.717, 1.165) is 24.4 Å². The fourth-order valence-corrected chi connectivity index (χ4v) is 3.89. The number of nitrogens with zero attached hydrogens (tertiary/aromatic N) is 3. The van der Waals surface area contributed by atoms with Gasteiger partial charge in [-0.15, -0.1) is 0 Å². The van der Waals surface area contributed by atoms with E-state index in [1.165, 1.54) is 30.1 Å². The molecule has 0 saturated carbocycles. The van der Waals surface area contributed by atoms with Gasteiger partial charge in [-0.3, -0.25) is 0 Å². The maximum Gasteiger partial charge on any atom is 0.126 e. The molecule has 114 valence electrons. The Morgan fingerprint density at radius 3 is 2.81 bits per heavy atom. The van der Waals surface area contributed by atoms with E-state index in [0.29, 0.717) is 0 Å². The number of imidazole rings is 1. The molecule has 2 heterocycles. The van der Waals surface area contributed by atoms with Crippen molar-refractivity contribution in [2.75, 3.05) is 37.7 Å². The van der Waals surface area contributed by atoms with Crippen molar-refractivity contribution in [3.8, 4) is 0 Å². The Kier molecular flexibility index (Phi) is 4.83. The van der Waals surface area contributed by atoms with Crippen LogP contribution in [0.3, 0.4) is 0 Å². The summed E-state index contributed by atoms with van der Waals surface area (Å²) < 4.78 is 2.20. The molecule has 1 saturated heterocycles. The molecule has 1 aliphatic heterocycles. The summed E-state index contributed by atoms with van der Waals surface area (Å²) in [4.78, 5) is 7.31. The van der Waals surface area contributed by atoms with E-state index in [-0.39, 0.29) is 6.04 Å². The number of fused-ring (bicyclic) bond motifs is 1. The zero-order valence-electron chi connectivity index (χ0n) is 12.9. The number of benzene rings is 1. The number of nitrogens with one attached hydrogen (secondary N) is 1. The van der Waals surface area contributed by atoms with Crippen molar-refractivity contribution < 1.29 is 0 Å². The minimum atomic E-state index is 0.279. The molecule has 4 nitrogen and oxygen atoms in total. The monoisotopic (exact) mass is 304 g/mol. The van der Waals surface area contributed by atoms with Crippen LogP contribution in [0.5, 0.6) is 0 Å². The van der Waals surface area contributed by atoms with Crippen LogP contribution in [0.1, 0.15) is 18.8 Å². The summed E-state index contributed by atoms with van der Waals surface area (Å²) in [5.41, 5.74) is 2.28. The predicted octanol–water partition coefficient (Wildman–Crippen LogP) is 2.27. The SMILES string of the molecule is CC(NCCN1CCSCC1)c1nc2ccccc2n1C. The van der Waals surface area contributed by atoms with Gasteiger partial charge in [-0.25, -0.2) is 4.98 Å². The molecule has 1 N–H and O–H groups in total. The summed E-state index contributed by atoms with van der Waals surface area (Å²) in [6.07, 6.45) is 0. The Balaban J connectivity index is 1.58. The van der Waals surface area contributed by atoms with Crippen molar-refractivity contribution >= 4 is 22.8 Å². The zero-order chi connectivity index (χ0) is 14.7. The minimum Gasteiger partial charge on any atom is -0.330 e. The van der Waals surface area contributed by atoms with Crippen LogP contribution in [0.2, 0.25) is 0 Å². The van der Waals surface area contributed by atoms with Gasteiger partial charge in [-0.1, -0.05) is 12.1 Å². The van der Waals surface area contributed by atoms with E-state index < -0.39 is 0 Å².